The van der Waals surface area contributed by atoms with Crippen molar-refractivity contribution in [3.63, 3.8) is 0 Å². The molecule has 6 rings (SSSR count). The van der Waals surface area contributed by atoms with Crippen LogP contribution in [0.2, 0.25) is 0 Å². The average molecular weight is 603 g/mol. The zero-order chi connectivity index (χ0) is 30.6. The molecule has 0 saturated carbocycles. The normalized spacial score (nSPS) is 22.6. The average Bonchev–Trinajstić information content (AvgIpc) is 3.74. The number of nitrogens with one attached hydrogen (secondary N) is 2. The van der Waals surface area contributed by atoms with E-state index in [1.165, 1.54) is 31.9 Å². The van der Waals surface area contributed by atoms with E-state index in [0.717, 1.165) is 5.56 Å². The summed E-state index contributed by atoms with van der Waals surface area (Å²) < 4.78 is 31.8. The van der Waals surface area contributed by atoms with E-state index in [9.17, 15) is 14.7 Å². The van der Waals surface area contributed by atoms with Gasteiger partial charge in [0.2, 0.25) is 0 Å². The van der Waals surface area contributed by atoms with Crippen LogP contribution in [0.15, 0.2) is 67.3 Å². The molecule has 44 heavy (non-hydrogen) atoms. The fraction of sp³-hybridized carbons (Fsp3) is 0.300. The fourth-order valence-electron chi connectivity index (χ4n) is 5.10. The minimum Gasteiger partial charge on any atom is -0.497 e. The number of benzene rings is 2. The number of anilines is 1. The molecule has 2 fully saturated rings. The summed E-state index contributed by atoms with van der Waals surface area (Å²) in [5.41, 5.74) is 1.71. The van der Waals surface area contributed by atoms with Crippen LogP contribution in [0.1, 0.15) is 29.1 Å². The third kappa shape index (κ3) is 5.90. The van der Waals surface area contributed by atoms with Gasteiger partial charge in [0, 0.05) is 6.54 Å². The number of ether oxygens (including phenoxy) is 5. The molecule has 2 saturated heterocycles. The van der Waals surface area contributed by atoms with Gasteiger partial charge in [0.05, 0.1) is 13.4 Å². The van der Waals surface area contributed by atoms with Gasteiger partial charge in [-0.05, 0) is 36.8 Å². The Morgan fingerprint density at radius 3 is 2.66 bits per heavy atom. The quantitative estimate of drug-likeness (QED) is 0.243. The predicted octanol–water partition coefficient (Wildman–Crippen LogP) is 3.47. The Balaban J connectivity index is 1.28. The van der Waals surface area contributed by atoms with Crippen molar-refractivity contribution >= 4 is 35.1 Å². The van der Waals surface area contributed by atoms with Gasteiger partial charge >= 0.3 is 12.0 Å². The molecule has 228 valence electrons. The Morgan fingerprint density at radius 2 is 1.89 bits per heavy atom. The number of aromatic nitrogens is 4. The minimum absolute atomic E-state index is 0.0334. The number of amides is 2. The van der Waals surface area contributed by atoms with Crippen LogP contribution in [-0.2, 0) is 14.2 Å². The molecule has 2 amide bonds. The number of carbonyl (C=O) groups excluding carboxylic acids is 1. The first kappa shape index (κ1) is 29.0. The van der Waals surface area contributed by atoms with Crippen LogP contribution in [0, 0.1) is 0 Å². The zero-order valence-electron chi connectivity index (χ0n) is 23.8. The number of imidazole rings is 1. The molecule has 2 aromatic heterocycles. The molecular formula is C30H30N6O8. The molecule has 2 aliphatic rings. The van der Waals surface area contributed by atoms with Crippen molar-refractivity contribution in [2.75, 3.05) is 25.6 Å². The van der Waals surface area contributed by atoms with E-state index in [0.29, 0.717) is 23.5 Å². The van der Waals surface area contributed by atoms with Crippen LogP contribution < -0.4 is 20.1 Å². The van der Waals surface area contributed by atoms with Crippen LogP contribution in [0.5, 0.6) is 11.5 Å². The first-order valence-electron chi connectivity index (χ1n) is 13.9. The SMILES string of the molecule is CCNC(=O)Nc1ncnc2c1ncn2C1OC(COc2ccc(OC)cc2C(=O)O)C2O[C@H](/C=C/c3ccccc3)OC21. The number of carbonyl (C=O) groups is 2. The van der Waals surface area contributed by atoms with Gasteiger partial charge in [-0.1, -0.05) is 36.4 Å². The summed E-state index contributed by atoms with van der Waals surface area (Å²) in [5.74, 6) is -0.372. The Hall–Kier alpha value is -5.05. The van der Waals surface area contributed by atoms with E-state index in [-0.39, 0.29) is 23.7 Å². The molecule has 0 radical (unpaired) electrons. The number of hydrogen-bond acceptors (Lipinski definition) is 10. The highest BCUT2D eigenvalue weighted by atomic mass is 16.8. The summed E-state index contributed by atoms with van der Waals surface area (Å²) in [5, 5.41) is 15.1. The maximum Gasteiger partial charge on any atom is 0.339 e. The summed E-state index contributed by atoms with van der Waals surface area (Å²) >= 11 is 0. The Kier molecular flexibility index (Phi) is 8.36. The smallest absolute Gasteiger partial charge is 0.339 e. The lowest BCUT2D eigenvalue weighted by molar-refractivity contribution is -0.131. The minimum atomic E-state index is -1.16. The molecule has 0 aliphatic carbocycles. The first-order chi connectivity index (χ1) is 21.4. The van der Waals surface area contributed by atoms with E-state index in [1.807, 2.05) is 42.5 Å². The standard InChI is InChI=1S/C30H30N6O8/c1-3-31-30(39)35-26-23-27(33-15-32-26)36(16-34-23)28-25-24(43-22(44-25)12-9-17-7-5-4-6-8-17)21(42-28)14-41-20-11-10-18(40-2)13-19(20)29(37)38/h4-13,15-16,21-22,24-25,28H,3,14H2,1-2H3,(H,37,38)(H2,31,32,33,35,39)/b12-9+/t21?,22-,24?,25?,28?/m0/s1. The lowest BCUT2D eigenvalue weighted by Gasteiger charge is -2.21. The van der Waals surface area contributed by atoms with E-state index < -0.39 is 42.8 Å². The fourth-order valence-corrected chi connectivity index (χ4v) is 5.10. The van der Waals surface area contributed by atoms with Gasteiger partial charge in [0.15, 0.2) is 29.5 Å². The van der Waals surface area contributed by atoms with E-state index in [1.54, 1.807) is 17.6 Å². The summed E-state index contributed by atoms with van der Waals surface area (Å²) in [6.07, 6.45) is 3.32. The van der Waals surface area contributed by atoms with Crippen molar-refractivity contribution in [1.82, 2.24) is 24.8 Å². The number of nitrogens with zero attached hydrogens (tertiary/aromatic N) is 4. The Labute approximate surface area is 251 Å². The summed E-state index contributed by atoms with van der Waals surface area (Å²) in [4.78, 5) is 37.1. The number of aromatic carboxylic acids is 1. The molecule has 0 bridgehead atoms. The van der Waals surface area contributed by atoms with Crippen molar-refractivity contribution in [3.05, 3.63) is 78.4 Å². The molecule has 2 aromatic carbocycles. The first-order valence-corrected chi connectivity index (χ1v) is 13.9. The third-order valence-electron chi connectivity index (χ3n) is 7.14. The second kappa shape index (κ2) is 12.7. The lowest BCUT2D eigenvalue weighted by atomic mass is 10.1. The second-order valence-electron chi connectivity index (χ2n) is 9.91. The van der Waals surface area contributed by atoms with Gasteiger partial charge in [-0.15, -0.1) is 0 Å². The number of fused-ring (bicyclic) bond motifs is 2. The largest absolute Gasteiger partial charge is 0.497 e. The predicted molar refractivity (Wildman–Crippen MR) is 156 cm³/mol. The Bertz CT molecular complexity index is 1680. The van der Waals surface area contributed by atoms with Crippen molar-refractivity contribution in [3.8, 4) is 11.5 Å². The number of carboxylic acids is 1. The highest BCUT2D eigenvalue weighted by Crippen LogP contribution is 2.41. The molecule has 3 N–H and O–H groups in total. The summed E-state index contributed by atoms with van der Waals surface area (Å²) in [6.45, 7) is 2.22. The van der Waals surface area contributed by atoms with Crippen LogP contribution in [0.4, 0.5) is 10.6 Å². The molecule has 2 aliphatic heterocycles. The topological polar surface area (TPSA) is 168 Å². The highest BCUT2D eigenvalue weighted by Gasteiger charge is 2.53. The monoisotopic (exact) mass is 602 g/mol. The van der Waals surface area contributed by atoms with Gasteiger partial charge in [-0.2, -0.15) is 0 Å². The summed E-state index contributed by atoms with van der Waals surface area (Å²) in [7, 11) is 1.46. The van der Waals surface area contributed by atoms with Gasteiger partial charge in [-0.25, -0.2) is 24.5 Å². The molecule has 5 atom stereocenters. The molecular weight excluding hydrogens is 572 g/mol. The van der Waals surface area contributed by atoms with Crippen molar-refractivity contribution in [2.45, 2.75) is 37.8 Å². The number of carboxylic acid groups (broad SMARTS) is 1. The van der Waals surface area contributed by atoms with Crippen LogP contribution in [0.25, 0.3) is 17.2 Å². The highest BCUT2D eigenvalue weighted by molar-refractivity contribution is 5.95. The molecule has 4 aromatic rings. The van der Waals surface area contributed by atoms with Crippen molar-refractivity contribution in [1.29, 1.82) is 0 Å². The third-order valence-corrected chi connectivity index (χ3v) is 7.14. The maximum atomic E-state index is 12.2. The lowest BCUT2D eigenvalue weighted by Crippen LogP contribution is -2.33. The number of urea groups is 1. The Morgan fingerprint density at radius 1 is 1.07 bits per heavy atom. The van der Waals surface area contributed by atoms with Crippen LogP contribution >= 0.6 is 0 Å². The van der Waals surface area contributed by atoms with Crippen LogP contribution in [-0.4, -0.2) is 81.5 Å². The van der Waals surface area contributed by atoms with E-state index in [4.69, 9.17) is 23.7 Å². The van der Waals surface area contributed by atoms with Gasteiger partial charge in [0.25, 0.3) is 0 Å². The molecule has 14 nitrogen and oxygen atoms in total. The number of hydrogen-bond donors (Lipinski definition) is 3. The van der Waals surface area contributed by atoms with Crippen molar-refractivity contribution in [2.24, 2.45) is 0 Å². The molecule has 0 spiro atoms. The van der Waals surface area contributed by atoms with E-state index >= 15 is 0 Å². The number of methoxy groups -OCH3 is 1. The zero-order valence-corrected chi connectivity index (χ0v) is 23.8. The maximum absolute atomic E-state index is 12.2. The molecule has 4 unspecified atom stereocenters. The molecule has 4 heterocycles. The number of rotatable bonds is 10. The second-order valence-corrected chi connectivity index (χ2v) is 9.91. The van der Waals surface area contributed by atoms with Gasteiger partial charge in [-0.3, -0.25) is 9.88 Å². The van der Waals surface area contributed by atoms with E-state index in [2.05, 4.69) is 25.6 Å². The van der Waals surface area contributed by atoms with Crippen molar-refractivity contribution < 1.29 is 38.4 Å². The van der Waals surface area contributed by atoms with Gasteiger partial charge in [0.1, 0.15) is 48.3 Å². The van der Waals surface area contributed by atoms with Crippen LogP contribution in [0.3, 0.4) is 0 Å². The van der Waals surface area contributed by atoms with Gasteiger partial charge < -0.3 is 34.1 Å². The summed E-state index contributed by atoms with van der Waals surface area (Å²) in [6, 6.07) is 13.9. The molecule has 14 heteroatoms.